The van der Waals surface area contributed by atoms with Gasteiger partial charge in [0, 0.05) is 5.69 Å². The molecule has 0 aliphatic heterocycles. The monoisotopic (exact) mass is 420 g/mol. The fourth-order valence-electron chi connectivity index (χ4n) is 1.47. The van der Waals surface area contributed by atoms with Crippen molar-refractivity contribution in [1.82, 2.24) is 9.97 Å². The van der Waals surface area contributed by atoms with E-state index < -0.39 is 10.0 Å². The van der Waals surface area contributed by atoms with Crippen LogP contribution in [0.2, 0.25) is 0 Å². The lowest BCUT2D eigenvalue weighted by Crippen LogP contribution is -2.17. The summed E-state index contributed by atoms with van der Waals surface area (Å²) in [7, 11) is -3.62. The van der Waals surface area contributed by atoms with Crippen LogP contribution in [0.1, 0.15) is 5.56 Å². The Morgan fingerprint density at radius 1 is 1.25 bits per heavy atom. The number of nitrogens with zero attached hydrogens (tertiary/aromatic N) is 2. The van der Waals surface area contributed by atoms with Gasteiger partial charge in [-0.1, -0.05) is 18.2 Å². The molecule has 1 heterocycles. The summed E-state index contributed by atoms with van der Waals surface area (Å²) in [6.07, 6.45) is 1.40. The minimum Gasteiger partial charge on any atom is -0.398 e. The van der Waals surface area contributed by atoms with Gasteiger partial charge in [-0.3, -0.25) is 4.72 Å². The first-order valence-electron chi connectivity index (χ1n) is 5.39. The lowest BCUT2D eigenvalue weighted by Gasteiger charge is -2.09. The molecule has 0 spiro atoms. The molecule has 6 nitrogen and oxygen atoms in total. The van der Waals surface area contributed by atoms with Gasteiger partial charge in [0.25, 0.3) is 0 Å². The molecular formula is C11H10Br2N4O2S. The third-order valence-corrected chi connectivity index (χ3v) is 4.48. The summed E-state index contributed by atoms with van der Waals surface area (Å²) in [5, 5.41) is 0. The molecule has 1 aromatic heterocycles. The summed E-state index contributed by atoms with van der Waals surface area (Å²) in [5.41, 5.74) is 6.69. The Balaban J connectivity index is 2.22. The van der Waals surface area contributed by atoms with E-state index in [1.807, 2.05) is 0 Å². The van der Waals surface area contributed by atoms with Crippen LogP contribution >= 0.6 is 31.9 Å². The van der Waals surface area contributed by atoms with E-state index in [0.717, 1.165) is 0 Å². The van der Waals surface area contributed by atoms with Crippen LogP contribution in [0.25, 0.3) is 0 Å². The van der Waals surface area contributed by atoms with Crippen LogP contribution in [0.5, 0.6) is 0 Å². The molecule has 0 unspecified atom stereocenters. The fraction of sp³-hybridized carbons (Fsp3) is 0.0909. The summed E-state index contributed by atoms with van der Waals surface area (Å²) >= 11 is 6.29. The zero-order valence-corrected chi connectivity index (χ0v) is 14.0. The Bertz CT molecular complexity index is 737. The summed E-state index contributed by atoms with van der Waals surface area (Å²) < 4.78 is 27.4. The highest BCUT2D eigenvalue weighted by molar-refractivity contribution is 9.11. The number of nitrogens with one attached hydrogen (secondary N) is 1. The van der Waals surface area contributed by atoms with Crippen LogP contribution in [0, 0.1) is 0 Å². The van der Waals surface area contributed by atoms with E-state index in [0.29, 0.717) is 20.5 Å². The Morgan fingerprint density at radius 2 is 1.95 bits per heavy atom. The molecule has 0 aliphatic carbocycles. The summed E-state index contributed by atoms with van der Waals surface area (Å²) in [4.78, 5) is 7.95. The molecule has 1 aromatic carbocycles. The zero-order chi connectivity index (χ0) is 14.8. The maximum absolute atomic E-state index is 12.1. The van der Waals surface area contributed by atoms with Gasteiger partial charge in [-0.15, -0.1) is 0 Å². The van der Waals surface area contributed by atoms with E-state index in [1.165, 1.54) is 6.20 Å². The van der Waals surface area contributed by atoms with Crippen molar-refractivity contribution in [2.45, 2.75) is 5.75 Å². The van der Waals surface area contributed by atoms with Crippen molar-refractivity contribution < 1.29 is 8.42 Å². The molecule has 0 saturated heterocycles. The zero-order valence-electron chi connectivity index (χ0n) is 10.0. The van der Waals surface area contributed by atoms with Crippen molar-refractivity contribution in [3.63, 3.8) is 0 Å². The smallest absolute Gasteiger partial charge is 0.238 e. The molecule has 0 bridgehead atoms. The molecule has 9 heteroatoms. The second-order valence-corrected chi connectivity index (χ2v) is 7.18. The van der Waals surface area contributed by atoms with Crippen molar-refractivity contribution >= 4 is 53.4 Å². The van der Waals surface area contributed by atoms with Gasteiger partial charge in [0.2, 0.25) is 10.0 Å². The number of halogens is 2. The fourth-order valence-corrected chi connectivity index (χ4v) is 3.70. The number of hydrogen-bond donors (Lipinski definition) is 2. The molecule has 3 N–H and O–H groups in total. The minimum atomic E-state index is -3.62. The number of nitrogens with two attached hydrogens (primary N) is 1. The van der Waals surface area contributed by atoms with Crippen molar-refractivity contribution in [2.24, 2.45) is 0 Å². The number of aromatic nitrogens is 2. The topological polar surface area (TPSA) is 98.0 Å². The first-order chi connectivity index (χ1) is 9.37. The van der Waals surface area contributed by atoms with Gasteiger partial charge in [-0.2, -0.15) is 0 Å². The molecule has 0 saturated carbocycles. The van der Waals surface area contributed by atoms with E-state index in [-0.39, 0.29) is 11.6 Å². The third-order valence-electron chi connectivity index (χ3n) is 2.35. The van der Waals surface area contributed by atoms with Crippen molar-refractivity contribution in [3.8, 4) is 0 Å². The lowest BCUT2D eigenvalue weighted by molar-refractivity contribution is 0.600. The first kappa shape index (κ1) is 15.2. The van der Waals surface area contributed by atoms with Gasteiger partial charge >= 0.3 is 0 Å². The van der Waals surface area contributed by atoms with Gasteiger partial charge < -0.3 is 5.73 Å². The van der Waals surface area contributed by atoms with Crippen LogP contribution < -0.4 is 10.5 Å². The predicted octanol–water partition coefficient (Wildman–Crippen LogP) is 2.53. The first-order valence-corrected chi connectivity index (χ1v) is 8.63. The number of sulfonamides is 1. The molecule has 0 fully saturated rings. The molecule has 2 rings (SSSR count). The summed E-state index contributed by atoms with van der Waals surface area (Å²) in [6.45, 7) is 0. The third kappa shape index (κ3) is 3.90. The molecule has 20 heavy (non-hydrogen) atoms. The molecule has 0 amide bonds. The van der Waals surface area contributed by atoms with Crippen LogP contribution in [0.15, 0.2) is 39.7 Å². The Hall–Kier alpha value is -1.19. The largest absolute Gasteiger partial charge is 0.398 e. The SMILES string of the molecule is Nc1ccccc1CS(=O)(=O)Nc1ncc(Br)nc1Br. The number of benzene rings is 1. The molecular weight excluding hydrogens is 412 g/mol. The number of hydrogen-bond acceptors (Lipinski definition) is 5. The molecule has 0 radical (unpaired) electrons. The average Bonchev–Trinajstić information content (AvgIpc) is 2.35. The summed E-state index contributed by atoms with van der Waals surface area (Å²) in [6, 6.07) is 6.79. The van der Waals surface area contributed by atoms with Gasteiger partial charge in [0.15, 0.2) is 10.4 Å². The number of nitrogen functional groups attached to an aromatic ring is 1. The van der Waals surface area contributed by atoms with Gasteiger partial charge in [0.05, 0.1) is 11.9 Å². The highest BCUT2D eigenvalue weighted by Gasteiger charge is 2.16. The lowest BCUT2D eigenvalue weighted by atomic mass is 10.2. The highest BCUT2D eigenvalue weighted by Crippen LogP contribution is 2.22. The van der Waals surface area contributed by atoms with Crippen molar-refractivity contribution in [3.05, 3.63) is 45.2 Å². The van der Waals surface area contributed by atoms with Gasteiger partial charge in [-0.05, 0) is 43.5 Å². The molecule has 0 aliphatic rings. The maximum Gasteiger partial charge on any atom is 0.238 e. The van der Waals surface area contributed by atoms with E-state index in [2.05, 4.69) is 46.5 Å². The maximum atomic E-state index is 12.1. The second-order valence-electron chi connectivity index (χ2n) is 3.89. The van der Waals surface area contributed by atoms with E-state index in [1.54, 1.807) is 24.3 Å². The Labute approximate surface area is 133 Å². The molecule has 2 aromatic rings. The predicted molar refractivity (Wildman–Crippen MR) is 84.5 cm³/mol. The molecule has 0 atom stereocenters. The van der Waals surface area contributed by atoms with Crippen molar-refractivity contribution in [1.29, 1.82) is 0 Å². The van der Waals surface area contributed by atoms with E-state index in [9.17, 15) is 8.42 Å². The summed E-state index contributed by atoms with van der Waals surface area (Å²) in [5.74, 6) is -0.105. The van der Waals surface area contributed by atoms with Gasteiger partial charge in [-0.25, -0.2) is 18.4 Å². The minimum absolute atomic E-state index is 0.128. The van der Waals surface area contributed by atoms with Crippen molar-refractivity contribution in [2.75, 3.05) is 10.5 Å². The van der Waals surface area contributed by atoms with E-state index >= 15 is 0 Å². The Morgan fingerprint density at radius 3 is 2.60 bits per heavy atom. The van der Waals surface area contributed by atoms with Crippen LogP contribution in [-0.2, 0) is 15.8 Å². The number of rotatable bonds is 4. The number of para-hydroxylation sites is 1. The Kier molecular flexibility index (Phi) is 4.61. The average molecular weight is 422 g/mol. The standard InChI is InChI=1S/C11H10Br2N4O2S/c12-9-5-15-11(10(13)16-9)17-20(18,19)6-7-3-1-2-4-8(7)14/h1-5H,6,14H2,(H,15,17). The normalized spacial score (nSPS) is 11.3. The van der Waals surface area contributed by atoms with Gasteiger partial charge in [0.1, 0.15) is 4.60 Å². The van der Waals surface area contributed by atoms with Crippen LogP contribution in [-0.4, -0.2) is 18.4 Å². The number of anilines is 2. The quantitative estimate of drug-likeness (QED) is 0.739. The van der Waals surface area contributed by atoms with E-state index in [4.69, 9.17) is 5.73 Å². The van der Waals surface area contributed by atoms with Crippen LogP contribution in [0.4, 0.5) is 11.5 Å². The highest BCUT2D eigenvalue weighted by atomic mass is 79.9. The van der Waals surface area contributed by atoms with Crippen LogP contribution in [0.3, 0.4) is 0 Å². The molecule has 106 valence electrons. The second kappa shape index (κ2) is 6.06.